The topological polar surface area (TPSA) is 68.6 Å². The quantitative estimate of drug-likeness (QED) is 0.773. The lowest BCUT2D eigenvalue weighted by molar-refractivity contribution is 0.227. The van der Waals surface area contributed by atoms with Crippen LogP contribution in [0.5, 0.6) is 0 Å². The van der Waals surface area contributed by atoms with Gasteiger partial charge in [-0.1, -0.05) is 0 Å². The Hall–Kier alpha value is -2.33. The first-order valence-corrected chi connectivity index (χ1v) is 10.1. The summed E-state index contributed by atoms with van der Waals surface area (Å²) in [6, 6.07) is 2.55. The lowest BCUT2D eigenvalue weighted by Gasteiger charge is -2.36. The Morgan fingerprint density at radius 3 is 2.41 bits per heavy atom. The Labute approximate surface area is 156 Å². The molecule has 1 unspecified atom stereocenters. The van der Waals surface area contributed by atoms with Gasteiger partial charge in [0, 0.05) is 44.9 Å². The van der Waals surface area contributed by atoms with E-state index in [1.807, 2.05) is 22.8 Å². The maximum atomic E-state index is 13.4. The molecule has 0 amide bonds. The first-order chi connectivity index (χ1) is 12.8. The van der Waals surface area contributed by atoms with E-state index < -0.39 is 21.7 Å². The van der Waals surface area contributed by atoms with Crippen molar-refractivity contribution >= 4 is 22.2 Å². The standard InChI is InChI=1S/C17H19F2N5O2S/c1-12-10-23-11-20-16(9-17(23)21-12)22-2-4-24(5-3-22)27(25,26)15-7-13(18)6-14(19)8-15/h6-9,11-12H,2-5,10H2,1H3. The van der Waals surface area contributed by atoms with Crippen molar-refractivity contribution in [2.24, 2.45) is 9.98 Å². The van der Waals surface area contributed by atoms with Gasteiger partial charge in [0.2, 0.25) is 10.0 Å². The molecule has 3 aliphatic heterocycles. The number of fused-ring (bicyclic) bond motifs is 1. The monoisotopic (exact) mass is 395 g/mol. The number of nitrogens with zero attached hydrogens (tertiary/aromatic N) is 5. The highest BCUT2D eigenvalue weighted by molar-refractivity contribution is 7.89. The average molecular weight is 395 g/mol. The van der Waals surface area contributed by atoms with Crippen LogP contribution in [0.1, 0.15) is 6.92 Å². The molecule has 144 valence electrons. The van der Waals surface area contributed by atoms with Crippen LogP contribution in [0.4, 0.5) is 8.78 Å². The normalized spacial score (nSPS) is 23.3. The Morgan fingerprint density at radius 1 is 1.07 bits per heavy atom. The minimum atomic E-state index is -3.95. The summed E-state index contributed by atoms with van der Waals surface area (Å²) in [6.45, 7) is 4.12. The summed E-state index contributed by atoms with van der Waals surface area (Å²) in [5.74, 6) is -0.221. The van der Waals surface area contributed by atoms with E-state index in [1.165, 1.54) is 4.31 Å². The molecule has 1 aromatic carbocycles. The van der Waals surface area contributed by atoms with E-state index in [2.05, 4.69) is 9.98 Å². The van der Waals surface area contributed by atoms with Crippen LogP contribution in [0.25, 0.3) is 0 Å². The molecule has 0 radical (unpaired) electrons. The smallest absolute Gasteiger partial charge is 0.243 e. The molecule has 0 N–H and O–H groups in total. The lowest BCUT2D eigenvalue weighted by atomic mass is 10.3. The third-order valence-electron chi connectivity index (χ3n) is 4.73. The molecule has 1 atom stereocenters. The molecule has 0 spiro atoms. The number of sulfonamides is 1. The molecule has 4 rings (SSSR count). The number of benzene rings is 1. The van der Waals surface area contributed by atoms with Gasteiger partial charge in [0.1, 0.15) is 23.3 Å². The Balaban J connectivity index is 1.47. The van der Waals surface area contributed by atoms with E-state index in [-0.39, 0.29) is 24.0 Å². The molecule has 0 bridgehead atoms. The van der Waals surface area contributed by atoms with Gasteiger partial charge >= 0.3 is 0 Å². The summed E-state index contributed by atoms with van der Waals surface area (Å²) in [5.41, 5.74) is 0. The fourth-order valence-electron chi connectivity index (χ4n) is 3.38. The second-order valence-electron chi connectivity index (χ2n) is 6.73. The van der Waals surface area contributed by atoms with Gasteiger partial charge in [-0.05, 0) is 19.1 Å². The number of hydrogen-bond acceptors (Lipinski definition) is 6. The highest BCUT2D eigenvalue weighted by Crippen LogP contribution is 2.23. The zero-order valence-corrected chi connectivity index (χ0v) is 15.5. The molecule has 0 aromatic heterocycles. The summed E-state index contributed by atoms with van der Waals surface area (Å²) >= 11 is 0. The molecule has 27 heavy (non-hydrogen) atoms. The van der Waals surface area contributed by atoms with E-state index in [0.29, 0.717) is 19.2 Å². The number of hydrogen-bond donors (Lipinski definition) is 0. The first kappa shape index (κ1) is 18.1. The molecular formula is C17H19F2N5O2S. The van der Waals surface area contributed by atoms with Gasteiger partial charge in [-0.2, -0.15) is 4.31 Å². The molecule has 1 saturated heterocycles. The molecule has 1 aromatic rings. The molecule has 1 fully saturated rings. The second kappa shape index (κ2) is 6.68. The van der Waals surface area contributed by atoms with Crippen LogP contribution >= 0.6 is 0 Å². The van der Waals surface area contributed by atoms with Crippen molar-refractivity contribution in [1.82, 2.24) is 14.1 Å². The fraction of sp³-hybridized carbons (Fsp3) is 0.412. The second-order valence-corrected chi connectivity index (χ2v) is 8.67. The highest BCUT2D eigenvalue weighted by Gasteiger charge is 2.31. The van der Waals surface area contributed by atoms with Crippen molar-refractivity contribution in [3.8, 4) is 0 Å². The van der Waals surface area contributed by atoms with Gasteiger partial charge in [0.25, 0.3) is 0 Å². The van der Waals surface area contributed by atoms with E-state index in [9.17, 15) is 17.2 Å². The molecule has 3 aliphatic rings. The summed E-state index contributed by atoms with van der Waals surface area (Å²) < 4.78 is 53.4. The number of rotatable bonds is 3. The maximum absolute atomic E-state index is 13.4. The van der Waals surface area contributed by atoms with E-state index in [1.54, 1.807) is 6.34 Å². The number of aliphatic imine (C=N–C) groups is 2. The van der Waals surface area contributed by atoms with Crippen LogP contribution in [0.2, 0.25) is 0 Å². The van der Waals surface area contributed by atoms with Crippen molar-refractivity contribution in [1.29, 1.82) is 0 Å². The number of amidine groups is 1. The molecule has 0 aliphatic carbocycles. The average Bonchev–Trinajstić information content (AvgIpc) is 3.00. The third kappa shape index (κ3) is 3.46. The van der Waals surface area contributed by atoms with Gasteiger partial charge in [0.05, 0.1) is 17.3 Å². The van der Waals surface area contributed by atoms with Gasteiger partial charge in [0.15, 0.2) is 0 Å². The number of piperazine rings is 1. The number of halogens is 2. The predicted molar refractivity (Wildman–Crippen MR) is 96.9 cm³/mol. The van der Waals surface area contributed by atoms with Crippen LogP contribution < -0.4 is 0 Å². The fourth-order valence-corrected chi connectivity index (χ4v) is 4.85. The van der Waals surface area contributed by atoms with E-state index in [4.69, 9.17) is 0 Å². The lowest BCUT2D eigenvalue weighted by Crippen LogP contribution is -2.48. The minimum absolute atomic E-state index is 0.208. The Bertz CT molecular complexity index is 932. The van der Waals surface area contributed by atoms with E-state index in [0.717, 1.165) is 30.3 Å². The molecule has 0 saturated carbocycles. The Morgan fingerprint density at radius 2 is 1.74 bits per heavy atom. The summed E-state index contributed by atoms with van der Waals surface area (Å²) in [7, 11) is -3.95. The predicted octanol–water partition coefficient (Wildman–Crippen LogP) is 1.26. The summed E-state index contributed by atoms with van der Waals surface area (Å²) in [6.07, 6.45) is 3.64. The maximum Gasteiger partial charge on any atom is 0.243 e. The molecule has 10 heteroatoms. The largest absolute Gasteiger partial charge is 0.354 e. The van der Waals surface area contributed by atoms with Crippen LogP contribution in [0.3, 0.4) is 0 Å². The van der Waals surface area contributed by atoms with E-state index >= 15 is 0 Å². The SMILES string of the molecule is CC1CN2C=NC(N3CCN(S(=O)(=O)c4cc(F)cc(F)c4)CC3)=CC2=N1. The van der Waals surface area contributed by atoms with Crippen LogP contribution in [0, 0.1) is 11.6 Å². The zero-order chi connectivity index (χ0) is 19.2. The molecule has 3 heterocycles. The van der Waals surface area contributed by atoms with Gasteiger partial charge < -0.3 is 9.80 Å². The van der Waals surface area contributed by atoms with Gasteiger partial charge in [-0.15, -0.1) is 0 Å². The van der Waals surface area contributed by atoms with Gasteiger partial charge in [-0.3, -0.25) is 4.99 Å². The van der Waals surface area contributed by atoms with Crippen molar-refractivity contribution in [2.45, 2.75) is 17.9 Å². The summed E-state index contributed by atoms with van der Waals surface area (Å²) in [5, 5.41) is 0. The minimum Gasteiger partial charge on any atom is -0.354 e. The van der Waals surface area contributed by atoms with Crippen molar-refractivity contribution in [3.05, 3.63) is 41.7 Å². The van der Waals surface area contributed by atoms with Crippen molar-refractivity contribution < 1.29 is 17.2 Å². The van der Waals surface area contributed by atoms with Crippen molar-refractivity contribution in [2.75, 3.05) is 32.7 Å². The molecule has 7 nitrogen and oxygen atoms in total. The third-order valence-corrected chi connectivity index (χ3v) is 6.61. The van der Waals surface area contributed by atoms with Crippen LogP contribution in [-0.4, -0.2) is 73.5 Å². The van der Waals surface area contributed by atoms with Crippen molar-refractivity contribution in [3.63, 3.8) is 0 Å². The van der Waals surface area contributed by atoms with Crippen LogP contribution in [0.15, 0.2) is 45.0 Å². The zero-order valence-electron chi connectivity index (χ0n) is 14.7. The summed E-state index contributed by atoms with van der Waals surface area (Å²) in [4.78, 5) is 12.6. The first-order valence-electron chi connectivity index (χ1n) is 8.64. The van der Waals surface area contributed by atoms with Gasteiger partial charge in [-0.25, -0.2) is 22.2 Å². The highest BCUT2D eigenvalue weighted by atomic mass is 32.2. The Kier molecular flexibility index (Phi) is 4.47. The molecular weight excluding hydrogens is 376 g/mol. The van der Waals surface area contributed by atoms with Crippen LogP contribution in [-0.2, 0) is 10.0 Å².